The average Bonchev–Trinajstić information content (AvgIpc) is 2.82. The molecule has 1 aliphatic rings. The second-order valence-electron chi connectivity index (χ2n) is 7.41. The monoisotopic (exact) mass is 395 g/mol. The molecule has 148 valence electrons. The first kappa shape index (κ1) is 18.3. The van der Waals surface area contributed by atoms with Crippen molar-refractivity contribution in [2.75, 3.05) is 12.4 Å². The van der Waals surface area contributed by atoms with Gasteiger partial charge in [0.1, 0.15) is 0 Å². The van der Waals surface area contributed by atoms with Crippen molar-refractivity contribution in [2.45, 2.75) is 18.9 Å². The molecule has 0 amide bonds. The maximum Gasteiger partial charge on any atom is 0.337 e. The first-order chi connectivity index (χ1) is 14.7. The van der Waals surface area contributed by atoms with Crippen LogP contribution in [0.2, 0.25) is 0 Å². The lowest BCUT2D eigenvalue weighted by Crippen LogP contribution is -2.20. The summed E-state index contributed by atoms with van der Waals surface area (Å²) < 4.78 is 4.86. The van der Waals surface area contributed by atoms with Gasteiger partial charge >= 0.3 is 5.97 Å². The topological polar surface area (TPSA) is 64.1 Å². The zero-order valence-electron chi connectivity index (χ0n) is 16.6. The molecular formula is C25H21N3O2. The molecular weight excluding hydrogens is 374 g/mol. The third kappa shape index (κ3) is 3.28. The highest BCUT2D eigenvalue weighted by Gasteiger charge is 2.25. The van der Waals surface area contributed by atoms with Crippen LogP contribution in [0, 0.1) is 0 Å². The highest BCUT2D eigenvalue weighted by Crippen LogP contribution is 2.36. The van der Waals surface area contributed by atoms with Gasteiger partial charge < -0.3 is 10.1 Å². The Balaban J connectivity index is 1.66. The maximum absolute atomic E-state index is 12.0. The van der Waals surface area contributed by atoms with Gasteiger partial charge in [0.05, 0.1) is 41.1 Å². The van der Waals surface area contributed by atoms with Gasteiger partial charge in [0.15, 0.2) is 0 Å². The number of nitrogens with one attached hydrogen (secondary N) is 1. The molecule has 0 aliphatic carbocycles. The number of benzene rings is 3. The lowest BCUT2D eigenvalue weighted by Gasteiger charge is -2.28. The number of aromatic nitrogens is 2. The van der Waals surface area contributed by atoms with Crippen molar-refractivity contribution in [2.24, 2.45) is 0 Å². The summed E-state index contributed by atoms with van der Waals surface area (Å²) in [6.07, 6.45) is 1.90. The summed E-state index contributed by atoms with van der Waals surface area (Å²) in [5.74, 6) is -0.378. The molecule has 0 saturated heterocycles. The molecule has 0 bridgehead atoms. The Morgan fingerprint density at radius 1 is 0.967 bits per heavy atom. The number of esters is 1. The number of carbonyl (C=O) groups is 1. The van der Waals surface area contributed by atoms with Crippen LogP contribution in [0.3, 0.4) is 0 Å². The largest absolute Gasteiger partial charge is 0.465 e. The Morgan fingerprint density at radius 2 is 1.77 bits per heavy atom. The first-order valence-corrected chi connectivity index (χ1v) is 10.0. The molecule has 5 heteroatoms. The highest BCUT2D eigenvalue weighted by atomic mass is 16.5. The van der Waals surface area contributed by atoms with E-state index in [1.165, 1.54) is 12.7 Å². The molecule has 3 aromatic carbocycles. The fourth-order valence-corrected chi connectivity index (χ4v) is 4.01. The van der Waals surface area contributed by atoms with Crippen molar-refractivity contribution in [3.8, 4) is 11.3 Å². The molecule has 1 aliphatic heterocycles. The molecule has 0 fully saturated rings. The number of fused-ring (bicyclic) bond motifs is 2. The van der Waals surface area contributed by atoms with Crippen LogP contribution in [0.4, 0.5) is 5.69 Å². The van der Waals surface area contributed by atoms with Crippen LogP contribution in [0.1, 0.15) is 34.1 Å². The minimum atomic E-state index is -0.378. The van der Waals surface area contributed by atoms with E-state index in [4.69, 9.17) is 14.7 Å². The van der Waals surface area contributed by atoms with E-state index in [-0.39, 0.29) is 12.0 Å². The van der Waals surface area contributed by atoms with E-state index in [0.717, 1.165) is 41.0 Å². The molecule has 1 aromatic heterocycles. The number of anilines is 1. The molecule has 5 rings (SSSR count). The molecule has 1 atom stereocenters. The van der Waals surface area contributed by atoms with Gasteiger partial charge in [-0.2, -0.15) is 0 Å². The number of aryl methyl sites for hydroxylation is 1. The summed E-state index contributed by atoms with van der Waals surface area (Å²) in [4.78, 5) is 21.9. The number of hydrogen-bond acceptors (Lipinski definition) is 5. The van der Waals surface area contributed by atoms with Gasteiger partial charge in [-0.05, 0) is 42.7 Å². The summed E-state index contributed by atoms with van der Waals surface area (Å²) in [5, 5.41) is 3.64. The first-order valence-electron chi connectivity index (χ1n) is 10.0. The molecule has 5 nitrogen and oxygen atoms in total. The average molecular weight is 395 g/mol. The van der Waals surface area contributed by atoms with E-state index in [9.17, 15) is 4.79 Å². The third-order valence-electron chi connectivity index (χ3n) is 5.54. The number of ether oxygens (including phenoxy) is 1. The van der Waals surface area contributed by atoms with Crippen molar-refractivity contribution >= 4 is 22.7 Å². The SMILES string of the molecule is COC(=O)c1ccc2nc(-c3ccccc3)c(C3CCc4ccccc4N3)nc2c1. The van der Waals surface area contributed by atoms with Crippen molar-refractivity contribution in [3.05, 3.63) is 89.6 Å². The summed E-state index contributed by atoms with van der Waals surface area (Å²) >= 11 is 0. The Morgan fingerprint density at radius 3 is 2.60 bits per heavy atom. The molecule has 30 heavy (non-hydrogen) atoms. The van der Waals surface area contributed by atoms with E-state index in [1.807, 2.05) is 30.3 Å². The van der Waals surface area contributed by atoms with Crippen molar-refractivity contribution in [1.29, 1.82) is 0 Å². The Labute approximate surface area is 174 Å². The highest BCUT2D eigenvalue weighted by molar-refractivity contribution is 5.93. The van der Waals surface area contributed by atoms with E-state index in [1.54, 1.807) is 12.1 Å². The standard InChI is InChI=1S/C25H21N3O2/c1-30-25(29)18-12-13-20-22(15-18)28-24(23(27-20)17-8-3-2-4-9-17)21-14-11-16-7-5-6-10-19(16)26-21/h2-10,12-13,15,21,26H,11,14H2,1H3. The number of rotatable bonds is 3. The van der Waals surface area contributed by atoms with Crippen molar-refractivity contribution < 1.29 is 9.53 Å². The summed E-state index contributed by atoms with van der Waals surface area (Å²) in [6.45, 7) is 0. The van der Waals surface area contributed by atoms with E-state index in [0.29, 0.717) is 11.1 Å². The third-order valence-corrected chi connectivity index (χ3v) is 5.54. The molecule has 2 heterocycles. The van der Waals surface area contributed by atoms with Gasteiger partial charge in [-0.25, -0.2) is 14.8 Å². The van der Waals surface area contributed by atoms with Crippen LogP contribution in [-0.2, 0) is 11.2 Å². The van der Waals surface area contributed by atoms with Gasteiger partial charge in [0, 0.05) is 11.3 Å². The molecule has 0 spiro atoms. The lowest BCUT2D eigenvalue weighted by molar-refractivity contribution is 0.0601. The molecule has 0 saturated carbocycles. The number of hydrogen-bond donors (Lipinski definition) is 1. The van der Waals surface area contributed by atoms with Crippen LogP contribution in [0.5, 0.6) is 0 Å². The fraction of sp³-hybridized carbons (Fsp3) is 0.160. The minimum Gasteiger partial charge on any atom is -0.465 e. The quantitative estimate of drug-likeness (QED) is 0.484. The Hall–Kier alpha value is -3.73. The van der Waals surface area contributed by atoms with Crippen LogP contribution in [0.15, 0.2) is 72.8 Å². The van der Waals surface area contributed by atoms with E-state index >= 15 is 0 Å². The van der Waals surface area contributed by atoms with Gasteiger partial charge in [-0.15, -0.1) is 0 Å². The predicted octanol–water partition coefficient (Wildman–Crippen LogP) is 5.18. The van der Waals surface area contributed by atoms with Gasteiger partial charge in [-0.3, -0.25) is 0 Å². The maximum atomic E-state index is 12.0. The van der Waals surface area contributed by atoms with Crippen LogP contribution in [-0.4, -0.2) is 23.0 Å². The van der Waals surface area contributed by atoms with Crippen LogP contribution >= 0.6 is 0 Å². The summed E-state index contributed by atoms with van der Waals surface area (Å²) in [6, 6.07) is 23.8. The fourth-order valence-electron chi connectivity index (χ4n) is 4.01. The Kier molecular flexibility index (Phi) is 4.64. The Bertz CT molecular complexity index is 1240. The van der Waals surface area contributed by atoms with Crippen molar-refractivity contribution in [3.63, 3.8) is 0 Å². The zero-order chi connectivity index (χ0) is 20.5. The van der Waals surface area contributed by atoms with Crippen LogP contribution in [0.25, 0.3) is 22.3 Å². The predicted molar refractivity (Wildman–Crippen MR) is 117 cm³/mol. The van der Waals surface area contributed by atoms with Gasteiger partial charge in [-0.1, -0.05) is 48.5 Å². The molecule has 0 radical (unpaired) electrons. The number of methoxy groups -OCH3 is 1. The van der Waals surface area contributed by atoms with E-state index in [2.05, 4.69) is 35.6 Å². The van der Waals surface area contributed by atoms with E-state index < -0.39 is 0 Å². The van der Waals surface area contributed by atoms with Crippen molar-refractivity contribution in [1.82, 2.24) is 9.97 Å². The zero-order valence-corrected chi connectivity index (χ0v) is 16.6. The second kappa shape index (κ2) is 7.59. The second-order valence-corrected chi connectivity index (χ2v) is 7.41. The normalized spacial score (nSPS) is 15.3. The number of para-hydroxylation sites is 1. The van der Waals surface area contributed by atoms with Crippen LogP contribution < -0.4 is 5.32 Å². The molecule has 1 N–H and O–H groups in total. The summed E-state index contributed by atoms with van der Waals surface area (Å²) in [7, 11) is 1.38. The smallest absolute Gasteiger partial charge is 0.337 e. The minimum absolute atomic E-state index is 0.0359. The number of carbonyl (C=O) groups excluding carboxylic acids is 1. The number of nitrogens with zero attached hydrogens (tertiary/aromatic N) is 2. The molecule has 4 aromatic rings. The van der Waals surface area contributed by atoms with Gasteiger partial charge in [0.2, 0.25) is 0 Å². The lowest BCUT2D eigenvalue weighted by atomic mass is 9.93. The summed E-state index contributed by atoms with van der Waals surface area (Å²) in [5.41, 5.74) is 7.15. The van der Waals surface area contributed by atoms with Gasteiger partial charge in [0.25, 0.3) is 0 Å². The molecule has 1 unspecified atom stereocenters.